The molecule has 2 aromatic carbocycles. The maximum atomic E-state index is 13.0. The molecular formula is C24H24N6O2. The van der Waals surface area contributed by atoms with Crippen molar-refractivity contribution in [2.75, 3.05) is 38.2 Å². The first-order valence-electron chi connectivity index (χ1n) is 10.6. The smallest absolute Gasteiger partial charge is 0.254 e. The van der Waals surface area contributed by atoms with Gasteiger partial charge in [-0.3, -0.25) is 4.79 Å². The monoisotopic (exact) mass is 428 g/mol. The van der Waals surface area contributed by atoms with E-state index in [0.29, 0.717) is 43.3 Å². The number of carbonyl (C=O) groups is 1. The van der Waals surface area contributed by atoms with Gasteiger partial charge in [-0.15, -0.1) is 0 Å². The summed E-state index contributed by atoms with van der Waals surface area (Å²) in [7, 11) is 1.60. The Morgan fingerprint density at radius 1 is 0.969 bits per heavy atom. The normalized spacial score (nSPS) is 14.1. The molecule has 1 saturated heterocycles. The number of fused-ring (bicyclic) bond motifs is 1. The number of para-hydroxylation sites is 1. The topological polar surface area (TPSA) is 76.4 Å². The van der Waals surface area contributed by atoms with Gasteiger partial charge in [0.25, 0.3) is 5.91 Å². The van der Waals surface area contributed by atoms with Crippen molar-refractivity contribution in [3.05, 3.63) is 72.2 Å². The van der Waals surface area contributed by atoms with Crippen LogP contribution in [-0.4, -0.2) is 63.8 Å². The van der Waals surface area contributed by atoms with Crippen LogP contribution < -0.4 is 9.64 Å². The summed E-state index contributed by atoms with van der Waals surface area (Å²) in [4.78, 5) is 26.4. The van der Waals surface area contributed by atoms with Gasteiger partial charge in [-0.1, -0.05) is 24.3 Å². The summed E-state index contributed by atoms with van der Waals surface area (Å²) in [6.45, 7) is 4.52. The van der Waals surface area contributed by atoms with Crippen LogP contribution in [0.15, 0.2) is 60.8 Å². The largest absolute Gasteiger partial charge is 0.497 e. The minimum absolute atomic E-state index is 0.0180. The van der Waals surface area contributed by atoms with Crippen LogP contribution in [0.25, 0.3) is 16.7 Å². The SMILES string of the molecule is COc1cccc(C(=O)N2CCN(c3nc(C)nc4c3cnn4-c3ccccc3)CC2)c1. The lowest BCUT2D eigenvalue weighted by atomic mass is 10.1. The van der Waals surface area contributed by atoms with E-state index in [0.717, 1.165) is 22.5 Å². The molecule has 0 unspecified atom stereocenters. The summed E-state index contributed by atoms with van der Waals surface area (Å²) in [6, 6.07) is 17.2. The van der Waals surface area contributed by atoms with Crippen LogP contribution in [0, 0.1) is 6.92 Å². The lowest BCUT2D eigenvalue weighted by Gasteiger charge is -2.35. The number of amides is 1. The number of hydrogen-bond acceptors (Lipinski definition) is 6. The molecule has 1 fully saturated rings. The van der Waals surface area contributed by atoms with Crippen LogP contribution in [0.5, 0.6) is 5.75 Å². The summed E-state index contributed by atoms with van der Waals surface area (Å²) in [6.07, 6.45) is 1.82. The number of ether oxygens (including phenoxy) is 1. The van der Waals surface area contributed by atoms with Crippen molar-refractivity contribution in [1.82, 2.24) is 24.6 Å². The zero-order valence-electron chi connectivity index (χ0n) is 18.1. The number of methoxy groups -OCH3 is 1. The Kier molecular flexibility index (Phi) is 5.18. The van der Waals surface area contributed by atoms with Crippen LogP contribution in [-0.2, 0) is 0 Å². The van der Waals surface area contributed by atoms with Crippen LogP contribution in [0.2, 0.25) is 0 Å². The van der Waals surface area contributed by atoms with Crippen LogP contribution in [0.4, 0.5) is 5.82 Å². The summed E-state index contributed by atoms with van der Waals surface area (Å²) in [5.74, 6) is 2.26. The van der Waals surface area contributed by atoms with Crippen molar-refractivity contribution in [3.63, 3.8) is 0 Å². The fourth-order valence-corrected chi connectivity index (χ4v) is 4.06. The predicted molar refractivity (Wildman–Crippen MR) is 123 cm³/mol. The number of hydrogen-bond donors (Lipinski definition) is 0. The Morgan fingerprint density at radius 2 is 1.75 bits per heavy atom. The second kappa shape index (κ2) is 8.30. The van der Waals surface area contributed by atoms with Crippen molar-refractivity contribution in [2.45, 2.75) is 6.92 Å². The number of aromatic nitrogens is 4. The number of carbonyl (C=O) groups excluding carboxylic acids is 1. The van der Waals surface area contributed by atoms with Gasteiger partial charge in [0.15, 0.2) is 5.65 Å². The number of benzene rings is 2. The molecule has 2 aromatic heterocycles. The maximum absolute atomic E-state index is 13.0. The molecule has 3 heterocycles. The highest BCUT2D eigenvalue weighted by atomic mass is 16.5. The third-order valence-corrected chi connectivity index (χ3v) is 5.70. The van der Waals surface area contributed by atoms with Crippen molar-refractivity contribution in [3.8, 4) is 11.4 Å². The molecule has 0 bridgehead atoms. The third-order valence-electron chi connectivity index (χ3n) is 5.70. The van der Waals surface area contributed by atoms with E-state index in [9.17, 15) is 4.79 Å². The van der Waals surface area contributed by atoms with Gasteiger partial charge in [-0.25, -0.2) is 14.6 Å². The van der Waals surface area contributed by atoms with Gasteiger partial charge < -0.3 is 14.5 Å². The van der Waals surface area contributed by atoms with Crippen molar-refractivity contribution in [2.24, 2.45) is 0 Å². The molecule has 4 aromatic rings. The molecule has 5 rings (SSSR count). The predicted octanol–water partition coefficient (Wildman–Crippen LogP) is 3.09. The highest BCUT2D eigenvalue weighted by Crippen LogP contribution is 2.27. The number of nitrogens with zero attached hydrogens (tertiary/aromatic N) is 6. The fourth-order valence-electron chi connectivity index (χ4n) is 4.06. The first-order chi connectivity index (χ1) is 15.6. The van der Waals surface area contributed by atoms with E-state index in [2.05, 4.69) is 15.0 Å². The number of anilines is 1. The summed E-state index contributed by atoms with van der Waals surface area (Å²) >= 11 is 0. The average Bonchev–Trinajstić information content (AvgIpc) is 3.27. The van der Waals surface area contributed by atoms with E-state index < -0.39 is 0 Å². The quantitative estimate of drug-likeness (QED) is 0.497. The third kappa shape index (κ3) is 3.64. The summed E-state index contributed by atoms with van der Waals surface area (Å²) < 4.78 is 7.10. The Labute approximate surface area is 186 Å². The van der Waals surface area contributed by atoms with Crippen molar-refractivity contribution >= 4 is 22.8 Å². The Balaban J connectivity index is 1.38. The van der Waals surface area contributed by atoms with Gasteiger partial charge in [0.2, 0.25) is 0 Å². The Bertz CT molecular complexity index is 1260. The van der Waals surface area contributed by atoms with E-state index in [4.69, 9.17) is 9.72 Å². The Morgan fingerprint density at radius 3 is 2.50 bits per heavy atom. The molecule has 0 spiro atoms. The minimum atomic E-state index is 0.0180. The molecule has 0 radical (unpaired) electrons. The zero-order valence-corrected chi connectivity index (χ0v) is 18.1. The van der Waals surface area contributed by atoms with E-state index in [1.807, 2.05) is 71.2 Å². The summed E-state index contributed by atoms with van der Waals surface area (Å²) in [5.41, 5.74) is 2.39. The van der Waals surface area contributed by atoms with Gasteiger partial charge in [0.1, 0.15) is 17.4 Å². The van der Waals surface area contributed by atoms with Gasteiger partial charge in [0.05, 0.1) is 24.4 Å². The van der Waals surface area contributed by atoms with Crippen molar-refractivity contribution < 1.29 is 9.53 Å². The first-order valence-corrected chi connectivity index (χ1v) is 10.6. The molecule has 162 valence electrons. The van der Waals surface area contributed by atoms with Crippen LogP contribution in [0.3, 0.4) is 0 Å². The van der Waals surface area contributed by atoms with E-state index in [1.165, 1.54) is 0 Å². The lowest BCUT2D eigenvalue weighted by Crippen LogP contribution is -2.49. The number of rotatable bonds is 4. The molecule has 0 atom stereocenters. The highest BCUT2D eigenvalue weighted by molar-refractivity contribution is 5.95. The Hall–Kier alpha value is -3.94. The molecule has 1 aliphatic rings. The highest BCUT2D eigenvalue weighted by Gasteiger charge is 2.25. The molecule has 0 aliphatic carbocycles. The van der Waals surface area contributed by atoms with Gasteiger partial charge in [-0.05, 0) is 37.3 Å². The second-order valence-corrected chi connectivity index (χ2v) is 7.73. The van der Waals surface area contributed by atoms with Crippen molar-refractivity contribution in [1.29, 1.82) is 0 Å². The number of piperazine rings is 1. The van der Waals surface area contributed by atoms with Crippen LogP contribution >= 0.6 is 0 Å². The molecular weight excluding hydrogens is 404 g/mol. The number of aryl methyl sites for hydroxylation is 1. The second-order valence-electron chi connectivity index (χ2n) is 7.73. The average molecular weight is 428 g/mol. The minimum Gasteiger partial charge on any atom is -0.497 e. The lowest BCUT2D eigenvalue weighted by molar-refractivity contribution is 0.0746. The molecule has 8 heteroatoms. The van der Waals surface area contributed by atoms with E-state index >= 15 is 0 Å². The van der Waals surface area contributed by atoms with Gasteiger partial charge >= 0.3 is 0 Å². The fraction of sp³-hybridized carbons (Fsp3) is 0.250. The van der Waals surface area contributed by atoms with Gasteiger partial charge in [-0.2, -0.15) is 5.10 Å². The van der Waals surface area contributed by atoms with Crippen LogP contribution in [0.1, 0.15) is 16.2 Å². The standard InChI is InChI=1S/C24H24N6O2/c1-17-26-22(21-16-25-30(23(21)27-17)19-8-4-3-5-9-19)28-11-13-29(14-12-28)24(31)18-7-6-10-20(15-18)32-2/h3-10,15-16H,11-14H2,1-2H3. The molecule has 32 heavy (non-hydrogen) atoms. The molecule has 1 amide bonds. The molecule has 1 aliphatic heterocycles. The molecule has 0 saturated carbocycles. The maximum Gasteiger partial charge on any atom is 0.254 e. The van der Waals surface area contributed by atoms with E-state index in [1.54, 1.807) is 13.2 Å². The molecule has 8 nitrogen and oxygen atoms in total. The zero-order chi connectivity index (χ0) is 22.1. The molecule has 0 N–H and O–H groups in total. The first kappa shape index (κ1) is 20.0. The van der Waals surface area contributed by atoms with Gasteiger partial charge in [0, 0.05) is 31.7 Å². The summed E-state index contributed by atoms with van der Waals surface area (Å²) in [5, 5.41) is 5.48. The van der Waals surface area contributed by atoms with E-state index in [-0.39, 0.29) is 5.91 Å².